The van der Waals surface area contributed by atoms with Gasteiger partial charge < -0.3 is 10.5 Å². The number of benzene rings is 1. The maximum atomic E-state index is 11.7. The number of hydrogen-bond acceptors (Lipinski definition) is 4. The lowest BCUT2D eigenvalue weighted by atomic mass is 10.2. The van der Waals surface area contributed by atoms with Gasteiger partial charge in [-0.05, 0) is 32.0 Å². The number of rotatable bonds is 2. The lowest BCUT2D eigenvalue weighted by molar-refractivity contribution is 0.222. The van der Waals surface area contributed by atoms with Crippen molar-refractivity contribution in [3.05, 3.63) is 28.6 Å². The quantitative estimate of drug-likeness (QED) is 0.746. The van der Waals surface area contributed by atoms with E-state index in [-0.39, 0.29) is 17.7 Å². The molecule has 0 unspecified atom stereocenters. The molecule has 1 aromatic heterocycles. The molecular formula is C11H13N3O2. The molecule has 0 aliphatic carbocycles. The lowest BCUT2D eigenvalue weighted by Crippen LogP contribution is -2.14. The number of aromatic amines is 1. The third-order valence-corrected chi connectivity index (χ3v) is 2.06. The molecule has 1 aromatic carbocycles. The number of aromatic nitrogens is 2. The van der Waals surface area contributed by atoms with Crippen LogP contribution in [0.15, 0.2) is 23.0 Å². The van der Waals surface area contributed by atoms with Gasteiger partial charge in [0.05, 0.1) is 17.0 Å². The molecule has 0 saturated carbocycles. The van der Waals surface area contributed by atoms with Crippen LogP contribution in [0.1, 0.15) is 13.8 Å². The summed E-state index contributed by atoms with van der Waals surface area (Å²) in [7, 11) is 0. The van der Waals surface area contributed by atoms with E-state index in [2.05, 4.69) is 9.97 Å². The fourth-order valence-corrected chi connectivity index (χ4v) is 1.41. The third-order valence-electron chi connectivity index (χ3n) is 2.06. The second-order valence-corrected chi connectivity index (χ2v) is 3.81. The Bertz CT molecular complexity index is 575. The topological polar surface area (TPSA) is 81.0 Å². The summed E-state index contributed by atoms with van der Waals surface area (Å²) in [6.45, 7) is 3.74. The fraction of sp³-hybridized carbons (Fsp3) is 0.273. The highest BCUT2D eigenvalue weighted by atomic mass is 16.5. The Morgan fingerprint density at radius 3 is 2.88 bits per heavy atom. The largest absolute Gasteiger partial charge is 0.462 e. The molecule has 16 heavy (non-hydrogen) atoms. The summed E-state index contributed by atoms with van der Waals surface area (Å²) < 4.78 is 5.34. The van der Waals surface area contributed by atoms with Crippen LogP contribution in [0, 0.1) is 0 Å². The summed E-state index contributed by atoms with van der Waals surface area (Å²) in [5, 5.41) is 0.469. The summed E-state index contributed by atoms with van der Waals surface area (Å²) in [4.78, 5) is 18.5. The number of H-pyrrole nitrogens is 1. The van der Waals surface area contributed by atoms with Crippen molar-refractivity contribution in [3.63, 3.8) is 0 Å². The molecule has 0 aliphatic rings. The minimum atomic E-state index is -0.243. The predicted molar refractivity (Wildman–Crippen MR) is 62.5 cm³/mol. The van der Waals surface area contributed by atoms with Crippen LogP contribution in [-0.2, 0) is 0 Å². The summed E-state index contributed by atoms with van der Waals surface area (Å²) in [6.07, 6.45) is -0.0330. The van der Waals surface area contributed by atoms with Gasteiger partial charge >= 0.3 is 0 Å². The van der Waals surface area contributed by atoms with Crippen LogP contribution in [0.4, 0.5) is 5.69 Å². The number of ether oxygens (including phenoxy) is 1. The lowest BCUT2D eigenvalue weighted by Gasteiger charge is -2.08. The van der Waals surface area contributed by atoms with E-state index < -0.39 is 0 Å². The monoisotopic (exact) mass is 219 g/mol. The number of nitrogens with one attached hydrogen (secondary N) is 1. The van der Waals surface area contributed by atoms with E-state index in [1.807, 2.05) is 13.8 Å². The maximum absolute atomic E-state index is 11.7. The van der Waals surface area contributed by atoms with Crippen LogP contribution in [0.5, 0.6) is 6.01 Å². The smallest absolute Gasteiger partial charge is 0.297 e. The molecule has 84 valence electrons. The van der Waals surface area contributed by atoms with Gasteiger partial charge in [-0.25, -0.2) is 0 Å². The first-order valence-electron chi connectivity index (χ1n) is 5.02. The number of fused-ring (bicyclic) bond motifs is 1. The van der Waals surface area contributed by atoms with Crippen molar-refractivity contribution < 1.29 is 4.74 Å². The zero-order valence-corrected chi connectivity index (χ0v) is 9.15. The highest BCUT2D eigenvalue weighted by molar-refractivity contribution is 5.81. The Balaban J connectivity index is 2.59. The standard InChI is InChI=1S/C11H13N3O2/c1-6(2)16-11-13-9-4-3-7(12)5-8(9)10(15)14-11/h3-6H,12H2,1-2H3,(H,13,14,15). The molecule has 0 atom stereocenters. The SMILES string of the molecule is CC(C)Oc1nc2ccc(N)cc2c(=O)[nH]1. The van der Waals surface area contributed by atoms with Gasteiger partial charge in [-0.2, -0.15) is 4.98 Å². The molecule has 0 saturated heterocycles. The first-order chi connectivity index (χ1) is 7.56. The van der Waals surface area contributed by atoms with Crippen molar-refractivity contribution in [2.45, 2.75) is 20.0 Å². The molecule has 0 bridgehead atoms. The van der Waals surface area contributed by atoms with Crippen molar-refractivity contribution in [1.29, 1.82) is 0 Å². The number of nitrogens with zero attached hydrogens (tertiary/aromatic N) is 1. The Labute approximate surface area is 92.3 Å². The molecule has 0 fully saturated rings. The third kappa shape index (κ3) is 1.98. The highest BCUT2D eigenvalue weighted by Crippen LogP contribution is 2.13. The van der Waals surface area contributed by atoms with Crippen LogP contribution < -0.4 is 16.0 Å². The second kappa shape index (κ2) is 3.84. The Hall–Kier alpha value is -2.04. The van der Waals surface area contributed by atoms with E-state index in [1.165, 1.54) is 0 Å². The van der Waals surface area contributed by atoms with Crippen molar-refractivity contribution in [2.75, 3.05) is 5.73 Å². The van der Waals surface area contributed by atoms with Crippen LogP contribution in [0.2, 0.25) is 0 Å². The molecule has 0 amide bonds. The van der Waals surface area contributed by atoms with E-state index >= 15 is 0 Å². The molecule has 0 spiro atoms. The van der Waals surface area contributed by atoms with Gasteiger partial charge in [0.2, 0.25) is 0 Å². The molecule has 5 nitrogen and oxygen atoms in total. The van der Waals surface area contributed by atoms with Crippen LogP contribution in [-0.4, -0.2) is 16.1 Å². The summed E-state index contributed by atoms with van der Waals surface area (Å²) in [6, 6.07) is 5.23. The first kappa shape index (κ1) is 10.5. The summed E-state index contributed by atoms with van der Waals surface area (Å²) >= 11 is 0. The predicted octanol–water partition coefficient (Wildman–Crippen LogP) is 1.29. The van der Waals surface area contributed by atoms with E-state index in [4.69, 9.17) is 10.5 Å². The molecule has 5 heteroatoms. The van der Waals surface area contributed by atoms with E-state index in [0.29, 0.717) is 16.6 Å². The van der Waals surface area contributed by atoms with Crippen molar-refractivity contribution in [3.8, 4) is 6.01 Å². The van der Waals surface area contributed by atoms with E-state index in [1.54, 1.807) is 18.2 Å². The number of nitrogens with two attached hydrogens (primary N) is 1. The zero-order valence-electron chi connectivity index (χ0n) is 9.15. The van der Waals surface area contributed by atoms with Crippen molar-refractivity contribution in [1.82, 2.24) is 9.97 Å². The minimum absolute atomic E-state index is 0.0330. The van der Waals surface area contributed by atoms with Gasteiger partial charge in [0.15, 0.2) is 0 Å². The van der Waals surface area contributed by atoms with Gasteiger partial charge in [-0.3, -0.25) is 9.78 Å². The second-order valence-electron chi connectivity index (χ2n) is 3.81. The molecule has 1 heterocycles. The average molecular weight is 219 g/mol. The molecular weight excluding hydrogens is 206 g/mol. The molecule has 2 aromatic rings. The summed E-state index contributed by atoms with van der Waals surface area (Å²) in [5.74, 6) is 0. The van der Waals surface area contributed by atoms with Crippen LogP contribution >= 0.6 is 0 Å². The normalized spacial score (nSPS) is 10.9. The van der Waals surface area contributed by atoms with Crippen LogP contribution in [0.3, 0.4) is 0 Å². The molecule has 0 radical (unpaired) electrons. The van der Waals surface area contributed by atoms with Gasteiger partial charge in [-0.1, -0.05) is 0 Å². The highest BCUT2D eigenvalue weighted by Gasteiger charge is 2.06. The number of anilines is 1. The van der Waals surface area contributed by atoms with Crippen LogP contribution in [0.25, 0.3) is 10.9 Å². The maximum Gasteiger partial charge on any atom is 0.297 e. The molecule has 2 rings (SSSR count). The van der Waals surface area contributed by atoms with Gasteiger partial charge in [0.1, 0.15) is 0 Å². The Kier molecular flexibility index (Phi) is 2.52. The molecule has 0 aliphatic heterocycles. The first-order valence-corrected chi connectivity index (χ1v) is 5.02. The van der Waals surface area contributed by atoms with E-state index in [9.17, 15) is 4.79 Å². The minimum Gasteiger partial charge on any atom is -0.462 e. The Morgan fingerprint density at radius 1 is 1.44 bits per heavy atom. The van der Waals surface area contributed by atoms with Crippen molar-refractivity contribution in [2.24, 2.45) is 0 Å². The Morgan fingerprint density at radius 2 is 2.19 bits per heavy atom. The summed E-state index contributed by atoms with van der Waals surface area (Å²) in [5.41, 5.74) is 6.47. The van der Waals surface area contributed by atoms with E-state index in [0.717, 1.165) is 0 Å². The van der Waals surface area contributed by atoms with Gasteiger partial charge in [0, 0.05) is 5.69 Å². The average Bonchev–Trinajstić information content (AvgIpc) is 2.18. The van der Waals surface area contributed by atoms with Gasteiger partial charge in [-0.15, -0.1) is 0 Å². The molecule has 3 N–H and O–H groups in total. The number of nitrogen functional groups attached to an aromatic ring is 1. The number of hydrogen-bond donors (Lipinski definition) is 2. The van der Waals surface area contributed by atoms with Gasteiger partial charge in [0.25, 0.3) is 11.6 Å². The van der Waals surface area contributed by atoms with Crippen molar-refractivity contribution >= 4 is 16.6 Å². The zero-order chi connectivity index (χ0) is 11.7. The fourth-order valence-electron chi connectivity index (χ4n) is 1.41.